The molecule has 48 valence electrons. The van der Waals surface area contributed by atoms with E-state index in [1.807, 2.05) is 0 Å². The summed E-state index contributed by atoms with van der Waals surface area (Å²) in [7, 11) is 0. The van der Waals surface area contributed by atoms with Crippen molar-refractivity contribution in [3.63, 3.8) is 0 Å². The third-order valence-electron chi connectivity index (χ3n) is 0.782. The first-order valence-electron chi connectivity index (χ1n) is 2.30. The van der Waals surface area contributed by atoms with Crippen molar-refractivity contribution < 1.29 is 62.7 Å². The first kappa shape index (κ1) is 10.2. The van der Waals surface area contributed by atoms with Gasteiger partial charge in [-0.3, -0.25) is 4.98 Å². The second-order valence-electron chi connectivity index (χ2n) is 1.40. The van der Waals surface area contributed by atoms with Crippen LogP contribution in [0.15, 0.2) is 18.6 Å². The van der Waals surface area contributed by atoms with Crippen molar-refractivity contribution >= 4 is 5.97 Å². The number of hydrogen-bond donors (Lipinski definition) is 1. The zero-order valence-electron chi connectivity index (χ0n) is 6.48. The topological polar surface area (TPSA) is 63.1 Å². The Balaban J connectivity index is 0. The second-order valence-corrected chi connectivity index (χ2v) is 1.40. The molecule has 1 N–H and O–H groups in total. The average molecular weight is 164 g/mol. The van der Waals surface area contributed by atoms with Gasteiger partial charge in [-0.05, 0) is 0 Å². The molecule has 0 atom stereocenters. The third-order valence-corrected chi connectivity index (χ3v) is 0.782. The van der Waals surface area contributed by atoms with Crippen LogP contribution >= 0.6 is 0 Å². The van der Waals surface area contributed by atoms with Crippen LogP contribution in [0.25, 0.3) is 0 Å². The van der Waals surface area contributed by atoms with Gasteiger partial charge in [-0.15, -0.1) is 0 Å². The Morgan fingerprint density at radius 1 is 1.60 bits per heavy atom. The molecule has 0 amide bonds. The van der Waals surface area contributed by atoms with E-state index in [1.165, 1.54) is 18.6 Å². The monoisotopic (exact) mass is 164 g/mol. The molecule has 1 rings (SSSR count). The molecule has 0 saturated carbocycles. The van der Waals surface area contributed by atoms with Crippen LogP contribution in [-0.2, 0) is 0 Å². The average Bonchev–Trinajstić information content (AvgIpc) is 1.90. The van der Waals surface area contributed by atoms with Crippen molar-refractivity contribution in [1.82, 2.24) is 9.97 Å². The summed E-state index contributed by atoms with van der Waals surface area (Å²) >= 11 is 0. The van der Waals surface area contributed by atoms with Crippen LogP contribution in [0.4, 0.5) is 0 Å². The van der Waals surface area contributed by atoms with Crippen LogP contribution in [0, 0.1) is 0 Å². The van der Waals surface area contributed by atoms with Crippen LogP contribution in [0.3, 0.4) is 0 Å². The second kappa shape index (κ2) is 4.92. The van der Waals surface area contributed by atoms with E-state index in [2.05, 4.69) is 9.97 Å². The van der Waals surface area contributed by atoms with Gasteiger partial charge in [0.15, 0.2) is 5.69 Å². The summed E-state index contributed by atoms with van der Waals surface area (Å²) < 4.78 is 0. The molecule has 0 aliphatic heterocycles. The van der Waals surface area contributed by atoms with E-state index in [1.54, 1.807) is 0 Å². The van der Waals surface area contributed by atoms with Crippen molar-refractivity contribution in [2.45, 2.75) is 0 Å². The molecule has 4 nitrogen and oxygen atoms in total. The summed E-state index contributed by atoms with van der Waals surface area (Å²) in [6.07, 6.45) is 3.96. The Bertz CT molecular complexity index is 219. The first-order chi connectivity index (χ1) is 4.30. The van der Waals surface area contributed by atoms with E-state index < -0.39 is 5.97 Å². The van der Waals surface area contributed by atoms with E-state index in [0.717, 1.165) is 0 Å². The first-order valence-corrected chi connectivity index (χ1v) is 2.30. The van der Waals surface area contributed by atoms with Crippen LogP contribution < -0.4 is 51.4 Å². The van der Waals surface area contributed by atoms with Crippen molar-refractivity contribution in [2.24, 2.45) is 0 Å². The molecular formula is C5H5KN2O2. The summed E-state index contributed by atoms with van der Waals surface area (Å²) in [6.45, 7) is 0. The molecular weight excluding hydrogens is 159 g/mol. The number of rotatable bonds is 1. The Kier molecular flexibility index (Phi) is 5.01. The molecule has 10 heavy (non-hydrogen) atoms. The number of carboxylic acids is 1. The van der Waals surface area contributed by atoms with Gasteiger partial charge in [0.1, 0.15) is 0 Å². The molecule has 0 unspecified atom stereocenters. The van der Waals surface area contributed by atoms with Crippen molar-refractivity contribution in [2.75, 3.05) is 0 Å². The van der Waals surface area contributed by atoms with E-state index in [4.69, 9.17) is 5.11 Å². The van der Waals surface area contributed by atoms with Gasteiger partial charge >= 0.3 is 57.4 Å². The summed E-state index contributed by atoms with van der Waals surface area (Å²) in [6, 6.07) is 0. The van der Waals surface area contributed by atoms with Crippen LogP contribution in [0.2, 0.25) is 0 Å². The van der Waals surface area contributed by atoms with Crippen LogP contribution in [-0.4, -0.2) is 21.0 Å². The Labute approximate surface area is 102 Å². The fourth-order valence-corrected chi connectivity index (χ4v) is 0.410. The molecule has 1 heterocycles. The fourth-order valence-electron chi connectivity index (χ4n) is 0.410. The quantitative estimate of drug-likeness (QED) is 0.458. The minimum absolute atomic E-state index is 0. The minimum Gasteiger partial charge on any atom is -1.00 e. The molecule has 0 spiro atoms. The van der Waals surface area contributed by atoms with Crippen molar-refractivity contribution in [3.05, 3.63) is 24.3 Å². The third kappa shape index (κ3) is 2.85. The summed E-state index contributed by atoms with van der Waals surface area (Å²) in [4.78, 5) is 17.2. The molecule has 0 saturated heterocycles. The number of nitrogens with zero attached hydrogens (tertiary/aromatic N) is 2. The number of aromatic carboxylic acids is 1. The van der Waals surface area contributed by atoms with Gasteiger partial charge in [0.25, 0.3) is 0 Å². The van der Waals surface area contributed by atoms with E-state index in [0.29, 0.717) is 0 Å². The predicted octanol–water partition coefficient (Wildman–Crippen LogP) is -2.71. The molecule has 0 bridgehead atoms. The smallest absolute Gasteiger partial charge is 1.00 e. The zero-order chi connectivity index (χ0) is 6.69. The summed E-state index contributed by atoms with van der Waals surface area (Å²) in [5.41, 5.74) is -0.0301. The van der Waals surface area contributed by atoms with Gasteiger partial charge < -0.3 is 6.53 Å². The SMILES string of the molecule is O=C(O)c1cnccn1.[H-].[K+]. The normalized spacial score (nSPS) is 8.00. The molecule has 0 aliphatic carbocycles. The van der Waals surface area contributed by atoms with E-state index in [-0.39, 0.29) is 58.5 Å². The van der Waals surface area contributed by atoms with Gasteiger partial charge in [0, 0.05) is 12.4 Å². The Morgan fingerprint density at radius 2 is 2.30 bits per heavy atom. The van der Waals surface area contributed by atoms with Crippen molar-refractivity contribution in [1.29, 1.82) is 0 Å². The van der Waals surface area contributed by atoms with Gasteiger partial charge in [0.05, 0.1) is 6.20 Å². The van der Waals surface area contributed by atoms with Gasteiger partial charge in [-0.2, -0.15) is 0 Å². The predicted molar refractivity (Wildman–Crippen MR) is 30.1 cm³/mol. The summed E-state index contributed by atoms with van der Waals surface area (Å²) in [5.74, 6) is -1.05. The van der Waals surface area contributed by atoms with E-state index >= 15 is 0 Å². The van der Waals surface area contributed by atoms with Crippen molar-refractivity contribution in [3.8, 4) is 0 Å². The zero-order valence-corrected chi connectivity index (χ0v) is 8.61. The van der Waals surface area contributed by atoms with E-state index in [9.17, 15) is 4.79 Å². The molecule has 0 aliphatic rings. The number of hydrogen-bond acceptors (Lipinski definition) is 3. The maximum absolute atomic E-state index is 10.1. The number of aromatic nitrogens is 2. The molecule has 5 heteroatoms. The van der Waals surface area contributed by atoms with Gasteiger partial charge in [-0.1, -0.05) is 0 Å². The largest absolute Gasteiger partial charge is 1.00 e. The number of carbonyl (C=O) groups is 1. The molecule has 1 aromatic rings. The van der Waals surface area contributed by atoms with Gasteiger partial charge in [-0.25, -0.2) is 9.78 Å². The Hall–Kier alpha value is 0.186. The fraction of sp³-hybridized carbons (Fsp3) is 0. The minimum atomic E-state index is -1.05. The molecule has 0 fully saturated rings. The molecule has 0 radical (unpaired) electrons. The molecule has 1 aromatic heterocycles. The van der Waals surface area contributed by atoms with Crippen LogP contribution in [0.1, 0.15) is 11.9 Å². The maximum Gasteiger partial charge on any atom is 1.00 e. The summed E-state index contributed by atoms with van der Waals surface area (Å²) in [5, 5.41) is 8.28. The Morgan fingerprint density at radius 3 is 2.60 bits per heavy atom. The number of carboxylic acid groups (broad SMARTS) is 1. The standard InChI is InChI=1S/C5H4N2O2.K.H/c8-5(9)4-3-6-1-2-7-4;;/h1-3H,(H,8,9);;/q;+1;-1. The maximum atomic E-state index is 10.1. The van der Waals surface area contributed by atoms with Gasteiger partial charge in [0.2, 0.25) is 0 Å². The molecule has 0 aromatic carbocycles. The van der Waals surface area contributed by atoms with Crippen LogP contribution in [0.5, 0.6) is 0 Å².